The number of hydrogen-bond acceptors (Lipinski definition) is 2. The van der Waals surface area contributed by atoms with Crippen molar-refractivity contribution in [3.8, 4) is 0 Å². The largest absolute Gasteiger partial charge is 0.324 e. The van der Waals surface area contributed by atoms with Crippen molar-refractivity contribution < 1.29 is 4.79 Å². The Morgan fingerprint density at radius 3 is 2.77 bits per heavy atom. The van der Waals surface area contributed by atoms with Gasteiger partial charge in [0, 0.05) is 3.57 Å². The first-order valence-electron chi connectivity index (χ1n) is 3.93. The number of nitrogens with one attached hydrogen (secondary N) is 2. The molecule has 0 bridgehead atoms. The van der Waals surface area contributed by atoms with Crippen molar-refractivity contribution in [2.24, 2.45) is 0 Å². The van der Waals surface area contributed by atoms with Crippen LogP contribution < -0.4 is 10.6 Å². The monoisotopic (exact) mass is 290 g/mol. The molecule has 0 aliphatic carbocycles. The molecule has 0 aliphatic heterocycles. The molecule has 1 aromatic carbocycles. The summed E-state index contributed by atoms with van der Waals surface area (Å²) in [5.41, 5.74) is 0.864. The molecule has 0 aliphatic rings. The molecular weight excluding hydrogens is 279 g/mol. The van der Waals surface area contributed by atoms with Crippen molar-refractivity contribution in [3.05, 3.63) is 27.8 Å². The average molecular weight is 290 g/mol. The van der Waals surface area contributed by atoms with E-state index in [0.29, 0.717) is 6.54 Å². The van der Waals surface area contributed by atoms with Crippen molar-refractivity contribution in [3.63, 3.8) is 0 Å². The van der Waals surface area contributed by atoms with E-state index in [1.807, 2.05) is 24.3 Å². The van der Waals surface area contributed by atoms with Crippen LogP contribution in [-0.2, 0) is 4.79 Å². The summed E-state index contributed by atoms with van der Waals surface area (Å²) in [6, 6.07) is 7.68. The molecule has 0 fully saturated rings. The topological polar surface area (TPSA) is 41.1 Å². The highest BCUT2D eigenvalue weighted by molar-refractivity contribution is 14.1. The lowest BCUT2D eigenvalue weighted by Crippen LogP contribution is -2.25. The van der Waals surface area contributed by atoms with Crippen molar-refractivity contribution in [2.45, 2.75) is 0 Å². The number of rotatable bonds is 3. The molecule has 0 atom stereocenters. The standard InChI is InChI=1S/C9H11IN2O/c1-11-6-9(13)12-8-5-3-2-4-7(8)10/h2-5,11H,6H2,1H3,(H,12,13). The van der Waals surface area contributed by atoms with Gasteiger partial charge < -0.3 is 10.6 Å². The molecule has 1 rings (SSSR count). The zero-order chi connectivity index (χ0) is 9.68. The molecule has 1 amide bonds. The maximum Gasteiger partial charge on any atom is 0.238 e. The highest BCUT2D eigenvalue weighted by Crippen LogP contribution is 2.16. The summed E-state index contributed by atoms with van der Waals surface area (Å²) >= 11 is 2.19. The highest BCUT2D eigenvalue weighted by Gasteiger charge is 2.02. The zero-order valence-electron chi connectivity index (χ0n) is 7.30. The van der Waals surface area contributed by atoms with Gasteiger partial charge in [0.15, 0.2) is 0 Å². The van der Waals surface area contributed by atoms with Crippen LogP contribution in [-0.4, -0.2) is 19.5 Å². The van der Waals surface area contributed by atoms with Gasteiger partial charge in [-0.05, 0) is 41.8 Å². The Bertz CT molecular complexity index is 301. The van der Waals surface area contributed by atoms with Crippen LogP contribution in [0.25, 0.3) is 0 Å². The van der Waals surface area contributed by atoms with Crippen LogP contribution in [0.1, 0.15) is 0 Å². The van der Waals surface area contributed by atoms with Crippen LogP contribution in [0.3, 0.4) is 0 Å². The third-order valence-electron chi connectivity index (χ3n) is 1.49. The maximum absolute atomic E-state index is 11.2. The summed E-state index contributed by atoms with van der Waals surface area (Å²) in [6.07, 6.45) is 0. The van der Waals surface area contributed by atoms with E-state index in [1.165, 1.54) is 0 Å². The van der Waals surface area contributed by atoms with E-state index in [2.05, 4.69) is 33.2 Å². The van der Waals surface area contributed by atoms with Gasteiger partial charge in [-0.25, -0.2) is 0 Å². The third kappa shape index (κ3) is 3.31. The van der Waals surface area contributed by atoms with Gasteiger partial charge in [-0.15, -0.1) is 0 Å². The van der Waals surface area contributed by atoms with Crippen LogP contribution in [0.4, 0.5) is 5.69 Å². The molecule has 2 N–H and O–H groups in total. The molecule has 3 nitrogen and oxygen atoms in total. The molecule has 0 heterocycles. The quantitative estimate of drug-likeness (QED) is 0.827. The lowest BCUT2D eigenvalue weighted by atomic mass is 10.3. The molecule has 13 heavy (non-hydrogen) atoms. The SMILES string of the molecule is CNCC(=O)Nc1ccccc1I. The van der Waals surface area contributed by atoms with Gasteiger partial charge in [0.2, 0.25) is 5.91 Å². The number of anilines is 1. The smallest absolute Gasteiger partial charge is 0.238 e. The number of benzene rings is 1. The number of carbonyl (C=O) groups excluding carboxylic acids is 1. The van der Waals surface area contributed by atoms with E-state index in [0.717, 1.165) is 9.26 Å². The highest BCUT2D eigenvalue weighted by atomic mass is 127. The van der Waals surface area contributed by atoms with Gasteiger partial charge in [-0.3, -0.25) is 4.79 Å². The average Bonchev–Trinajstić information content (AvgIpc) is 2.09. The summed E-state index contributed by atoms with van der Waals surface area (Å²) in [4.78, 5) is 11.2. The number of carbonyl (C=O) groups is 1. The number of amides is 1. The second-order valence-corrected chi connectivity index (χ2v) is 3.72. The normalized spacial score (nSPS) is 9.69. The van der Waals surface area contributed by atoms with Crippen molar-refractivity contribution >= 4 is 34.2 Å². The first kappa shape index (κ1) is 10.5. The van der Waals surface area contributed by atoms with Crippen LogP contribution in [0.15, 0.2) is 24.3 Å². The number of para-hydroxylation sites is 1. The van der Waals surface area contributed by atoms with E-state index in [9.17, 15) is 4.79 Å². The van der Waals surface area contributed by atoms with Crippen LogP contribution in [0, 0.1) is 3.57 Å². The van der Waals surface area contributed by atoms with Gasteiger partial charge >= 0.3 is 0 Å². The summed E-state index contributed by atoms with van der Waals surface area (Å²) in [5.74, 6) is -0.0217. The summed E-state index contributed by atoms with van der Waals surface area (Å²) in [6.45, 7) is 0.338. The molecule has 0 spiro atoms. The van der Waals surface area contributed by atoms with Gasteiger partial charge in [0.25, 0.3) is 0 Å². The van der Waals surface area contributed by atoms with Gasteiger partial charge in [-0.1, -0.05) is 12.1 Å². The van der Waals surface area contributed by atoms with Gasteiger partial charge in [-0.2, -0.15) is 0 Å². The minimum absolute atomic E-state index is 0.0217. The van der Waals surface area contributed by atoms with E-state index >= 15 is 0 Å². The third-order valence-corrected chi connectivity index (χ3v) is 2.43. The second-order valence-electron chi connectivity index (χ2n) is 2.56. The molecular formula is C9H11IN2O. The Labute approximate surface area is 91.0 Å². The van der Waals surface area contributed by atoms with Gasteiger partial charge in [0.05, 0.1) is 12.2 Å². The van der Waals surface area contributed by atoms with E-state index in [4.69, 9.17) is 0 Å². The number of halogens is 1. The van der Waals surface area contributed by atoms with Gasteiger partial charge in [0.1, 0.15) is 0 Å². The molecule has 0 saturated carbocycles. The fourth-order valence-corrected chi connectivity index (χ4v) is 1.44. The minimum Gasteiger partial charge on any atom is -0.324 e. The summed E-state index contributed by atoms with van der Waals surface area (Å²) in [5, 5.41) is 5.59. The molecule has 0 saturated heterocycles. The lowest BCUT2D eigenvalue weighted by Gasteiger charge is -2.05. The molecule has 4 heteroatoms. The van der Waals surface area contributed by atoms with Crippen LogP contribution in [0.5, 0.6) is 0 Å². The molecule has 0 radical (unpaired) electrons. The van der Waals surface area contributed by atoms with Crippen molar-refractivity contribution in [1.82, 2.24) is 5.32 Å². The first-order valence-corrected chi connectivity index (χ1v) is 5.01. The van der Waals surface area contributed by atoms with Crippen molar-refractivity contribution in [2.75, 3.05) is 18.9 Å². The predicted octanol–water partition coefficient (Wildman–Crippen LogP) is 1.45. The Morgan fingerprint density at radius 2 is 2.15 bits per heavy atom. The Balaban J connectivity index is 2.63. The Morgan fingerprint density at radius 1 is 1.46 bits per heavy atom. The fraction of sp³-hybridized carbons (Fsp3) is 0.222. The molecule has 70 valence electrons. The van der Waals surface area contributed by atoms with Crippen LogP contribution >= 0.6 is 22.6 Å². The van der Waals surface area contributed by atoms with E-state index in [-0.39, 0.29) is 5.91 Å². The number of hydrogen-bond donors (Lipinski definition) is 2. The van der Waals surface area contributed by atoms with E-state index in [1.54, 1.807) is 7.05 Å². The van der Waals surface area contributed by atoms with Crippen molar-refractivity contribution in [1.29, 1.82) is 0 Å². The minimum atomic E-state index is -0.0217. The maximum atomic E-state index is 11.2. The lowest BCUT2D eigenvalue weighted by molar-refractivity contribution is -0.115. The fourth-order valence-electron chi connectivity index (χ4n) is 0.918. The molecule has 1 aromatic rings. The summed E-state index contributed by atoms with van der Waals surface area (Å²) < 4.78 is 1.05. The first-order chi connectivity index (χ1) is 6.24. The Hall–Kier alpha value is -0.620. The predicted molar refractivity (Wildman–Crippen MR) is 61.7 cm³/mol. The van der Waals surface area contributed by atoms with E-state index < -0.39 is 0 Å². The summed E-state index contributed by atoms with van der Waals surface area (Å²) in [7, 11) is 1.75. The molecule has 0 aromatic heterocycles. The van der Waals surface area contributed by atoms with Crippen LogP contribution in [0.2, 0.25) is 0 Å². The second kappa shape index (κ2) is 5.18. The zero-order valence-corrected chi connectivity index (χ0v) is 9.46. The number of likely N-dealkylation sites (N-methyl/N-ethyl adjacent to an activating group) is 1. The molecule has 0 unspecified atom stereocenters. The Kier molecular flexibility index (Phi) is 4.17.